The largest absolute Gasteiger partial charge is 0.454 e. The highest BCUT2D eigenvalue weighted by atomic mass is 32.2. The van der Waals surface area contributed by atoms with Crippen molar-refractivity contribution in [3.05, 3.63) is 0 Å². The molecule has 2 saturated heterocycles. The molecule has 12 heteroatoms. The molecule has 0 aromatic heterocycles. The first kappa shape index (κ1) is 24.4. The summed E-state index contributed by atoms with van der Waals surface area (Å²) in [6.45, 7) is 6.90. The van der Waals surface area contributed by atoms with Crippen LogP contribution in [0.4, 0.5) is 8.78 Å². The third-order valence-corrected chi connectivity index (χ3v) is 6.08. The molecule has 9 nitrogen and oxygen atoms in total. The molecule has 0 aliphatic carbocycles. The van der Waals surface area contributed by atoms with Crippen LogP contribution >= 0.6 is 0 Å². The van der Waals surface area contributed by atoms with Crippen LogP contribution in [0.3, 0.4) is 0 Å². The minimum Gasteiger partial charge on any atom is -0.454 e. The molecule has 2 fully saturated rings. The van der Waals surface area contributed by atoms with Crippen molar-refractivity contribution in [3.8, 4) is 0 Å². The fourth-order valence-electron chi connectivity index (χ4n) is 2.41. The number of alkyl halides is 2. The Kier molecular flexibility index (Phi) is 6.98. The summed E-state index contributed by atoms with van der Waals surface area (Å²) in [5.41, 5.74) is -2.37. The second-order valence-electron chi connectivity index (χ2n) is 8.18. The van der Waals surface area contributed by atoms with Crippen LogP contribution in [0.25, 0.3) is 0 Å². The fraction of sp³-hybridized carbons (Fsp3) is 0.941. The van der Waals surface area contributed by atoms with Gasteiger partial charge >= 0.3 is 21.3 Å². The zero-order valence-electron chi connectivity index (χ0n) is 16.9. The molecule has 0 aromatic rings. The summed E-state index contributed by atoms with van der Waals surface area (Å²) < 4.78 is 84.4. The van der Waals surface area contributed by atoms with E-state index in [1.54, 1.807) is 6.92 Å². The van der Waals surface area contributed by atoms with Crippen LogP contribution in [0.1, 0.15) is 34.1 Å². The molecular formula is C17H28F2O9S. The number of hydrogen-bond donors (Lipinski definition) is 1. The molecule has 0 saturated carbocycles. The summed E-state index contributed by atoms with van der Waals surface area (Å²) in [5, 5.41) is -4.66. The maximum absolute atomic E-state index is 13.8. The number of rotatable bonds is 13. The van der Waals surface area contributed by atoms with Gasteiger partial charge in [-0.25, -0.2) is 0 Å². The van der Waals surface area contributed by atoms with Gasteiger partial charge in [0, 0.05) is 0 Å². The summed E-state index contributed by atoms with van der Waals surface area (Å²) in [6, 6.07) is 0. The van der Waals surface area contributed by atoms with Crippen molar-refractivity contribution in [2.45, 2.75) is 56.7 Å². The highest BCUT2D eigenvalue weighted by Gasteiger charge is 2.54. The zero-order valence-corrected chi connectivity index (χ0v) is 17.7. The van der Waals surface area contributed by atoms with Crippen LogP contribution in [0.5, 0.6) is 0 Å². The fourth-order valence-corrected chi connectivity index (χ4v) is 2.88. The Morgan fingerprint density at radius 1 is 1.14 bits per heavy atom. The minimum atomic E-state index is -5.76. The highest BCUT2D eigenvalue weighted by molar-refractivity contribution is 7.86. The Labute approximate surface area is 168 Å². The Hall–Kier alpha value is -0.920. The number of carbonyl (C=O) groups excluding carboxylic acids is 1. The Balaban J connectivity index is 2.08. The molecule has 0 bridgehead atoms. The van der Waals surface area contributed by atoms with E-state index in [0.29, 0.717) is 20.1 Å². The van der Waals surface area contributed by atoms with E-state index < -0.39 is 44.1 Å². The van der Waals surface area contributed by atoms with Gasteiger partial charge in [0.15, 0.2) is 6.10 Å². The second kappa shape index (κ2) is 8.31. The van der Waals surface area contributed by atoms with Crippen LogP contribution in [0.2, 0.25) is 0 Å². The molecule has 2 heterocycles. The van der Waals surface area contributed by atoms with Gasteiger partial charge in [0.2, 0.25) is 0 Å². The molecule has 170 valence electrons. The number of carbonyl (C=O) groups is 1. The number of ether oxygens (including phenoxy) is 5. The molecule has 2 aliphatic rings. The third-order valence-electron chi connectivity index (χ3n) is 5.06. The van der Waals surface area contributed by atoms with Gasteiger partial charge in [0.05, 0.1) is 39.6 Å². The first-order chi connectivity index (χ1) is 13.2. The Bertz CT molecular complexity index is 678. The summed E-state index contributed by atoms with van der Waals surface area (Å²) in [7, 11) is -5.76. The average Bonchev–Trinajstić information content (AvgIpc) is 3.52. The van der Waals surface area contributed by atoms with E-state index in [1.165, 1.54) is 0 Å². The Morgan fingerprint density at radius 3 is 1.86 bits per heavy atom. The smallest absolute Gasteiger partial charge is 0.405 e. The van der Waals surface area contributed by atoms with Crippen molar-refractivity contribution < 1.29 is 50.2 Å². The zero-order chi connectivity index (χ0) is 22.1. The van der Waals surface area contributed by atoms with Crippen molar-refractivity contribution in [2.24, 2.45) is 5.41 Å². The monoisotopic (exact) mass is 446 g/mol. The standard InChI is InChI=1S/C17H28F2O9S/c1-5-16(10-24-6-14(3)8-26-14,11-25-7-15(4)9-27-15)13(20)28-12(2)17(18,19)29(21,22)23/h12H,5-11H2,1-4H3,(H,21,22,23). The van der Waals surface area contributed by atoms with E-state index in [0.717, 1.165) is 0 Å². The van der Waals surface area contributed by atoms with E-state index in [4.69, 9.17) is 28.2 Å². The summed E-state index contributed by atoms with van der Waals surface area (Å²) >= 11 is 0. The van der Waals surface area contributed by atoms with Crippen LogP contribution in [-0.4, -0.2) is 81.1 Å². The first-order valence-electron chi connectivity index (χ1n) is 9.18. The lowest BCUT2D eigenvalue weighted by Crippen LogP contribution is -2.48. The third kappa shape index (κ3) is 6.05. The van der Waals surface area contributed by atoms with E-state index in [2.05, 4.69) is 0 Å². The van der Waals surface area contributed by atoms with Gasteiger partial charge in [-0.15, -0.1) is 0 Å². The maximum Gasteiger partial charge on any atom is 0.405 e. The topological polar surface area (TPSA) is 124 Å². The number of epoxide rings is 2. The van der Waals surface area contributed by atoms with Gasteiger partial charge in [-0.1, -0.05) is 6.92 Å². The first-order valence-corrected chi connectivity index (χ1v) is 10.6. The van der Waals surface area contributed by atoms with Crippen molar-refractivity contribution in [1.82, 2.24) is 0 Å². The lowest BCUT2D eigenvalue weighted by molar-refractivity contribution is -0.181. The second-order valence-corrected chi connectivity index (χ2v) is 9.68. The van der Waals surface area contributed by atoms with Gasteiger partial charge in [0.1, 0.15) is 16.6 Å². The van der Waals surface area contributed by atoms with Gasteiger partial charge in [-0.3, -0.25) is 9.35 Å². The van der Waals surface area contributed by atoms with E-state index >= 15 is 0 Å². The van der Waals surface area contributed by atoms with Gasteiger partial charge in [-0.2, -0.15) is 17.2 Å². The molecule has 2 rings (SSSR count). The molecule has 0 aromatic carbocycles. The molecule has 29 heavy (non-hydrogen) atoms. The molecule has 1 N–H and O–H groups in total. The molecule has 3 atom stereocenters. The quantitative estimate of drug-likeness (QED) is 0.254. The lowest BCUT2D eigenvalue weighted by Gasteiger charge is -2.32. The number of hydrogen-bond acceptors (Lipinski definition) is 8. The van der Waals surface area contributed by atoms with Gasteiger partial charge in [-0.05, 0) is 27.2 Å². The minimum absolute atomic E-state index is 0.116. The number of halogens is 2. The predicted octanol–water partition coefficient (Wildman–Crippen LogP) is 1.41. The van der Waals surface area contributed by atoms with E-state index in [1.807, 2.05) is 13.8 Å². The van der Waals surface area contributed by atoms with Crippen molar-refractivity contribution in [2.75, 3.05) is 39.6 Å². The molecule has 0 spiro atoms. The van der Waals surface area contributed by atoms with Crippen LogP contribution < -0.4 is 0 Å². The summed E-state index contributed by atoms with van der Waals surface area (Å²) in [4.78, 5) is 12.8. The predicted molar refractivity (Wildman–Crippen MR) is 95.1 cm³/mol. The molecule has 0 amide bonds. The normalized spacial score (nSPS) is 29.8. The average molecular weight is 446 g/mol. The lowest BCUT2D eigenvalue weighted by atomic mass is 9.86. The van der Waals surface area contributed by atoms with Crippen LogP contribution in [-0.2, 0) is 38.6 Å². The van der Waals surface area contributed by atoms with Crippen molar-refractivity contribution in [3.63, 3.8) is 0 Å². The van der Waals surface area contributed by atoms with Crippen LogP contribution in [0, 0.1) is 5.41 Å². The summed E-state index contributed by atoms with van der Waals surface area (Å²) in [6.07, 6.45) is -2.30. The molecular weight excluding hydrogens is 418 g/mol. The molecule has 3 unspecified atom stereocenters. The maximum atomic E-state index is 13.8. The van der Waals surface area contributed by atoms with E-state index in [9.17, 15) is 22.0 Å². The highest BCUT2D eigenvalue weighted by Crippen LogP contribution is 2.34. The summed E-state index contributed by atoms with van der Waals surface area (Å²) in [5.74, 6) is -1.11. The number of esters is 1. The molecule has 2 aliphatic heterocycles. The van der Waals surface area contributed by atoms with E-state index in [-0.39, 0.29) is 32.8 Å². The van der Waals surface area contributed by atoms with Crippen molar-refractivity contribution in [1.29, 1.82) is 0 Å². The SMILES string of the molecule is CCC(COCC1(C)CO1)(COCC1(C)CO1)C(=O)OC(C)C(F)(F)S(=O)(=O)O. The van der Waals surface area contributed by atoms with Gasteiger partial charge in [0.25, 0.3) is 0 Å². The van der Waals surface area contributed by atoms with Crippen molar-refractivity contribution >= 4 is 16.1 Å². The van der Waals surface area contributed by atoms with Gasteiger partial charge < -0.3 is 23.7 Å². The molecule has 0 radical (unpaired) electrons. The van der Waals surface area contributed by atoms with Crippen LogP contribution in [0.15, 0.2) is 0 Å². The Morgan fingerprint density at radius 2 is 1.55 bits per heavy atom.